The van der Waals surface area contributed by atoms with Gasteiger partial charge in [-0.05, 0) is 26.1 Å². The first-order chi connectivity index (χ1) is 12.3. The van der Waals surface area contributed by atoms with Gasteiger partial charge in [0.05, 0.1) is 24.7 Å². The molecule has 0 saturated carbocycles. The molecule has 3 heterocycles. The summed E-state index contributed by atoms with van der Waals surface area (Å²) in [6.45, 7) is 2.99. The molecular weight excluding hydrogens is 356 g/mol. The van der Waals surface area contributed by atoms with Gasteiger partial charge in [0.25, 0.3) is 5.91 Å². The minimum atomic E-state index is -3.14. The lowest BCUT2D eigenvalue weighted by Crippen LogP contribution is -2.59. The topological polar surface area (TPSA) is 80.1 Å². The highest BCUT2D eigenvalue weighted by molar-refractivity contribution is 7.91. The molecule has 26 heavy (non-hydrogen) atoms. The minimum Gasteiger partial charge on any atom is -0.497 e. The predicted octanol–water partition coefficient (Wildman–Crippen LogP) is 1.30. The Bertz CT molecular complexity index is 981. The summed E-state index contributed by atoms with van der Waals surface area (Å²) in [6, 6.07) is 4.98. The maximum absolute atomic E-state index is 13.2. The van der Waals surface area contributed by atoms with Crippen LogP contribution in [0.25, 0.3) is 11.0 Å². The second-order valence-electron chi connectivity index (χ2n) is 7.11. The Hall–Kier alpha value is -2.06. The van der Waals surface area contributed by atoms with E-state index in [4.69, 9.17) is 9.15 Å². The molecule has 1 aromatic carbocycles. The normalized spacial score (nSPS) is 25.4. The first-order valence-electron chi connectivity index (χ1n) is 8.59. The van der Waals surface area contributed by atoms with Crippen molar-refractivity contribution in [3.63, 3.8) is 0 Å². The molecule has 2 aliphatic heterocycles. The number of aryl methyl sites for hydroxylation is 1. The summed E-state index contributed by atoms with van der Waals surface area (Å²) in [4.78, 5) is 16.9. The average molecular weight is 378 g/mol. The molecule has 8 heteroatoms. The molecule has 0 spiro atoms. The highest BCUT2D eigenvalue weighted by Crippen LogP contribution is 2.32. The maximum atomic E-state index is 13.2. The number of benzene rings is 1. The molecule has 0 bridgehead atoms. The number of furan rings is 1. The molecule has 2 fully saturated rings. The Kier molecular flexibility index (Phi) is 4.00. The zero-order valence-electron chi connectivity index (χ0n) is 15.1. The van der Waals surface area contributed by atoms with Gasteiger partial charge in [-0.1, -0.05) is 0 Å². The quantitative estimate of drug-likeness (QED) is 0.784. The van der Waals surface area contributed by atoms with Gasteiger partial charge in [-0.25, -0.2) is 8.42 Å². The summed E-state index contributed by atoms with van der Waals surface area (Å²) in [6.07, 6.45) is 0. The molecule has 140 valence electrons. The smallest absolute Gasteiger partial charge is 0.290 e. The maximum Gasteiger partial charge on any atom is 0.290 e. The molecular formula is C18H22N2O5S. The van der Waals surface area contributed by atoms with Gasteiger partial charge in [0.1, 0.15) is 11.3 Å². The number of nitrogens with zero attached hydrogens (tertiary/aromatic N) is 2. The third-order valence-corrected chi connectivity index (χ3v) is 7.25. The summed E-state index contributed by atoms with van der Waals surface area (Å²) in [5.41, 5.74) is 1.36. The van der Waals surface area contributed by atoms with E-state index in [0.29, 0.717) is 24.4 Å². The second-order valence-corrected chi connectivity index (χ2v) is 9.26. The predicted molar refractivity (Wildman–Crippen MR) is 97.4 cm³/mol. The summed E-state index contributed by atoms with van der Waals surface area (Å²) in [5.74, 6) is 0.820. The number of hydrogen-bond donors (Lipinski definition) is 0. The van der Waals surface area contributed by atoms with Crippen LogP contribution in [0.2, 0.25) is 0 Å². The third-order valence-electron chi connectivity index (χ3n) is 5.55. The largest absolute Gasteiger partial charge is 0.497 e. The molecule has 2 saturated heterocycles. The lowest BCUT2D eigenvalue weighted by Gasteiger charge is -2.41. The Morgan fingerprint density at radius 1 is 1.23 bits per heavy atom. The van der Waals surface area contributed by atoms with Gasteiger partial charge in [0.15, 0.2) is 15.6 Å². The second kappa shape index (κ2) is 5.99. The van der Waals surface area contributed by atoms with Crippen LogP contribution >= 0.6 is 0 Å². The van der Waals surface area contributed by atoms with Crippen LogP contribution < -0.4 is 4.74 Å². The van der Waals surface area contributed by atoms with Crippen LogP contribution in [-0.2, 0) is 9.84 Å². The van der Waals surface area contributed by atoms with Gasteiger partial charge in [-0.2, -0.15) is 0 Å². The van der Waals surface area contributed by atoms with Gasteiger partial charge in [-0.15, -0.1) is 0 Å². The number of amides is 1. The fraction of sp³-hybridized carbons (Fsp3) is 0.500. The number of methoxy groups -OCH3 is 1. The summed E-state index contributed by atoms with van der Waals surface area (Å²) >= 11 is 0. The number of piperazine rings is 1. The Balaban J connectivity index is 1.71. The summed E-state index contributed by atoms with van der Waals surface area (Å²) in [5, 5.41) is 0.860. The molecule has 1 amide bonds. The van der Waals surface area contributed by atoms with Crippen molar-refractivity contribution in [1.82, 2.24) is 9.80 Å². The number of likely N-dealkylation sites (N-methyl/N-ethyl adjacent to an activating group) is 1. The molecule has 4 rings (SSSR count). The van der Waals surface area contributed by atoms with E-state index in [2.05, 4.69) is 0 Å². The fourth-order valence-electron chi connectivity index (χ4n) is 4.05. The molecule has 2 atom stereocenters. The van der Waals surface area contributed by atoms with E-state index in [9.17, 15) is 13.2 Å². The number of ether oxygens (including phenoxy) is 1. The van der Waals surface area contributed by atoms with Gasteiger partial charge >= 0.3 is 0 Å². The van der Waals surface area contributed by atoms with Crippen LogP contribution in [0.4, 0.5) is 0 Å². The highest BCUT2D eigenvalue weighted by atomic mass is 32.2. The number of carbonyl (C=O) groups excluding carboxylic acids is 1. The van der Waals surface area contributed by atoms with Crippen molar-refractivity contribution in [1.29, 1.82) is 0 Å². The van der Waals surface area contributed by atoms with Crippen LogP contribution in [0.3, 0.4) is 0 Å². The first-order valence-corrected chi connectivity index (χ1v) is 10.4. The van der Waals surface area contributed by atoms with Gasteiger partial charge in [-0.3, -0.25) is 9.69 Å². The van der Waals surface area contributed by atoms with E-state index in [1.54, 1.807) is 18.1 Å². The molecule has 1 aromatic heterocycles. The minimum absolute atomic E-state index is 0.0147. The Labute approximate surface area is 152 Å². The Morgan fingerprint density at radius 2 is 1.96 bits per heavy atom. The zero-order valence-corrected chi connectivity index (χ0v) is 15.9. The fourth-order valence-corrected chi connectivity index (χ4v) is 6.10. The number of sulfone groups is 1. The van der Waals surface area contributed by atoms with Crippen LogP contribution in [0.1, 0.15) is 16.1 Å². The Morgan fingerprint density at radius 3 is 2.69 bits per heavy atom. The SMILES string of the molecule is COc1ccc2c(C)c(C(=O)N3CCN(C)[C@@H]4CS(=O)(=O)C[C@@H]43)oc2c1. The van der Waals surface area contributed by atoms with E-state index < -0.39 is 9.84 Å². The lowest BCUT2D eigenvalue weighted by atomic mass is 10.0. The molecule has 0 aliphatic carbocycles. The monoisotopic (exact) mass is 378 g/mol. The van der Waals surface area contributed by atoms with E-state index in [1.807, 2.05) is 31.0 Å². The third kappa shape index (κ3) is 2.68. The summed E-state index contributed by atoms with van der Waals surface area (Å²) in [7, 11) is 0.356. The zero-order chi connectivity index (χ0) is 18.6. The van der Waals surface area contributed by atoms with Gasteiger partial charge < -0.3 is 14.1 Å². The average Bonchev–Trinajstić information content (AvgIpc) is 3.11. The van der Waals surface area contributed by atoms with Crippen molar-refractivity contribution in [3.05, 3.63) is 29.5 Å². The molecule has 2 aliphatic rings. The van der Waals surface area contributed by atoms with Crippen molar-refractivity contribution in [2.45, 2.75) is 19.0 Å². The standard InChI is InChI=1S/C18H22N2O5S/c1-11-13-5-4-12(24-3)8-16(13)25-17(11)18(21)20-7-6-19(2)14-9-26(22,23)10-15(14)20/h4-5,8,14-15H,6-7,9-10H2,1-3H3/t14-,15+/m1/s1. The van der Waals surface area contributed by atoms with Crippen molar-refractivity contribution >= 4 is 26.7 Å². The van der Waals surface area contributed by atoms with E-state index >= 15 is 0 Å². The molecule has 0 unspecified atom stereocenters. The molecule has 7 nitrogen and oxygen atoms in total. The number of fused-ring (bicyclic) bond motifs is 2. The van der Waals surface area contributed by atoms with Crippen molar-refractivity contribution in [2.24, 2.45) is 0 Å². The van der Waals surface area contributed by atoms with Crippen molar-refractivity contribution in [3.8, 4) is 5.75 Å². The van der Waals surface area contributed by atoms with Crippen molar-refractivity contribution < 1.29 is 22.4 Å². The van der Waals surface area contributed by atoms with E-state index in [0.717, 1.165) is 10.9 Å². The van der Waals surface area contributed by atoms with Gasteiger partial charge in [0, 0.05) is 36.1 Å². The van der Waals surface area contributed by atoms with Crippen LogP contribution in [-0.4, -0.2) is 75.0 Å². The van der Waals surface area contributed by atoms with Crippen molar-refractivity contribution in [2.75, 3.05) is 38.8 Å². The van der Waals surface area contributed by atoms with Gasteiger partial charge in [0.2, 0.25) is 0 Å². The molecule has 0 radical (unpaired) electrons. The summed E-state index contributed by atoms with van der Waals surface area (Å²) < 4.78 is 35.3. The number of hydrogen-bond acceptors (Lipinski definition) is 6. The van der Waals surface area contributed by atoms with Crippen LogP contribution in [0.15, 0.2) is 22.6 Å². The lowest BCUT2D eigenvalue weighted by molar-refractivity contribution is 0.0383. The number of carbonyl (C=O) groups is 1. The van der Waals surface area contributed by atoms with Crippen LogP contribution in [0, 0.1) is 6.92 Å². The van der Waals surface area contributed by atoms with Crippen LogP contribution in [0.5, 0.6) is 5.75 Å². The highest BCUT2D eigenvalue weighted by Gasteiger charge is 2.47. The first kappa shape index (κ1) is 17.4. The molecule has 0 N–H and O–H groups in total. The molecule has 2 aromatic rings. The van der Waals surface area contributed by atoms with E-state index in [1.165, 1.54) is 0 Å². The van der Waals surface area contributed by atoms with E-state index in [-0.39, 0.29) is 35.3 Å². The number of rotatable bonds is 2.